The molecule has 0 spiro atoms. The van der Waals surface area contributed by atoms with Gasteiger partial charge in [0.1, 0.15) is 17.7 Å². The molecule has 1 aliphatic heterocycles. The third-order valence-corrected chi connectivity index (χ3v) is 5.67. The summed E-state index contributed by atoms with van der Waals surface area (Å²) in [6, 6.07) is 12.6. The average molecular weight is 414 g/mol. The summed E-state index contributed by atoms with van der Waals surface area (Å²) in [4.78, 5) is 32.4. The number of likely N-dealkylation sites (N-methyl/N-ethyl adjacent to an activating group) is 1. The van der Waals surface area contributed by atoms with Crippen LogP contribution in [0.5, 0.6) is 0 Å². The number of hydrogen-bond donors (Lipinski definition) is 1. The molecule has 2 heterocycles. The zero-order valence-electron chi connectivity index (χ0n) is 16.2. The van der Waals surface area contributed by atoms with Gasteiger partial charge in [-0.3, -0.25) is 9.59 Å². The summed E-state index contributed by atoms with van der Waals surface area (Å²) in [6.07, 6.45) is 0.386. The van der Waals surface area contributed by atoms with Crippen LogP contribution in [0.4, 0.5) is 4.39 Å². The highest BCUT2D eigenvalue weighted by molar-refractivity contribution is 6.27. The Hall–Kier alpha value is -2.86. The van der Waals surface area contributed by atoms with Crippen LogP contribution >= 0.6 is 11.6 Å². The van der Waals surface area contributed by atoms with Crippen molar-refractivity contribution in [3.05, 3.63) is 71.2 Å². The zero-order valence-corrected chi connectivity index (χ0v) is 16.9. The Bertz CT molecular complexity index is 1080. The molecule has 0 radical (unpaired) electrons. The molecule has 0 unspecified atom stereocenters. The number of nitrogens with zero attached hydrogens (tertiary/aromatic N) is 2. The van der Waals surface area contributed by atoms with Crippen molar-refractivity contribution in [2.45, 2.75) is 18.5 Å². The molecular formula is C22H21ClFN3O2. The molecule has 1 aliphatic rings. The van der Waals surface area contributed by atoms with E-state index in [9.17, 15) is 14.0 Å². The van der Waals surface area contributed by atoms with Crippen LogP contribution in [0.3, 0.4) is 0 Å². The number of aromatic nitrogens is 1. The fraction of sp³-hybridized carbons (Fsp3) is 0.273. The second kappa shape index (κ2) is 7.52. The monoisotopic (exact) mass is 413 g/mol. The molecule has 2 amide bonds. The van der Waals surface area contributed by atoms with Gasteiger partial charge in [0.05, 0.1) is 6.04 Å². The Kier molecular flexibility index (Phi) is 5.04. The van der Waals surface area contributed by atoms with E-state index in [2.05, 4.69) is 4.98 Å². The highest BCUT2D eigenvalue weighted by Crippen LogP contribution is 2.41. The summed E-state index contributed by atoms with van der Waals surface area (Å²) in [5, 5.41) is 1.02. The van der Waals surface area contributed by atoms with Crippen molar-refractivity contribution in [1.29, 1.82) is 0 Å². The van der Waals surface area contributed by atoms with E-state index in [1.165, 1.54) is 17.0 Å². The molecule has 5 nitrogen and oxygen atoms in total. The molecule has 7 heteroatoms. The van der Waals surface area contributed by atoms with Gasteiger partial charge in [-0.05, 0) is 29.3 Å². The number of rotatable bonds is 3. The quantitative estimate of drug-likeness (QED) is 0.668. The van der Waals surface area contributed by atoms with Gasteiger partial charge in [0, 0.05) is 37.1 Å². The van der Waals surface area contributed by atoms with Crippen LogP contribution in [-0.4, -0.2) is 52.6 Å². The van der Waals surface area contributed by atoms with Gasteiger partial charge < -0.3 is 14.8 Å². The Morgan fingerprint density at radius 1 is 1.17 bits per heavy atom. The third kappa shape index (κ3) is 3.27. The van der Waals surface area contributed by atoms with Crippen LogP contribution in [0.1, 0.15) is 22.9 Å². The van der Waals surface area contributed by atoms with Gasteiger partial charge in [0.25, 0.3) is 0 Å². The van der Waals surface area contributed by atoms with Gasteiger partial charge in [0.2, 0.25) is 11.8 Å². The zero-order chi connectivity index (χ0) is 20.7. The minimum absolute atomic E-state index is 0.175. The van der Waals surface area contributed by atoms with Crippen LogP contribution in [0.15, 0.2) is 48.5 Å². The topological polar surface area (TPSA) is 56.4 Å². The molecule has 0 saturated carbocycles. The first-order valence-corrected chi connectivity index (χ1v) is 9.89. The van der Waals surface area contributed by atoms with Gasteiger partial charge in [-0.15, -0.1) is 11.6 Å². The number of benzene rings is 2. The molecule has 1 N–H and O–H groups in total. The van der Waals surface area contributed by atoms with Crippen molar-refractivity contribution >= 4 is 34.3 Å². The average Bonchev–Trinajstić information content (AvgIpc) is 3.10. The van der Waals surface area contributed by atoms with Crippen molar-refractivity contribution in [3.63, 3.8) is 0 Å². The molecule has 29 heavy (non-hydrogen) atoms. The van der Waals surface area contributed by atoms with Crippen molar-refractivity contribution < 1.29 is 14.0 Å². The van der Waals surface area contributed by atoms with Crippen molar-refractivity contribution in [1.82, 2.24) is 14.8 Å². The third-order valence-electron chi connectivity index (χ3n) is 5.45. The van der Waals surface area contributed by atoms with Gasteiger partial charge >= 0.3 is 0 Å². The molecule has 0 fully saturated rings. The molecule has 1 aromatic heterocycles. The summed E-state index contributed by atoms with van der Waals surface area (Å²) in [5.41, 5.74) is 3.47. The number of para-hydroxylation sites is 1. The molecule has 0 aliphatic carbocycles. The van der Waals surface area contributed by atoms with Crippen LogP contribution < -0.4 is 0 Å². The predicted molar refractivity (Wildman–Crippen MR) is 110 cm³/mol. The lowest BCUT2D eigenvalue weighted by Gasteiger charge is -2.42. The number of fused-ring (bicyclic) bond motifs is 3. The van der Waals surface area contributed by atoms with Crippen LogP contribution in [0.2, 0.25) is 0 Å². The highest BCUT2D eigenvalue weighted by atomic mass is 35.5. The maximum absolute atomic E-state index is 13.6. The van der Waals surface area contributed by atoms with Crippen molar-refractivity contribution in [3.8, 4) is 0 Å². The number of carbonyl (C=O) groups excluding carboxylic acids is 2. The van der Waals surface area contributed by atoms with E-state index in [1.807, 2.05) is 24.3 Å². The van der Waals surface area contributed by atoms with Gasteiger partial charge in [0.15, 0.2) is 0 Å². The molecule has 4 rings (SSSR count). The number of hydrogen-bond acceptors (Lipinski definition) is 2. The van der Waals surface area contributed by atoms with Gasteiger partial charge in [-0.25, -0.2) is 4.39 Å². The van der Waals surface area contributed by atoms with E-state index >= 15 is 0 Å². The van der Waals surface area contributed by atoms with Gasteiger partial charge in [-0.2, -0.15) is 0 Å². The first kappa shape index (κ1) is 19.5. The number of nitrogens with one attached hydrogen (secondary N) is 1. The predicted octanol–water partition coefficient (Wildman–Crippen LogP) is 3.48. The minimum atomic E-state index is -0.696. The molecule has 0 bridgehead atoms. The smallest absolute Gasteiger partial charge is 0.245 e. The van der Waals surface area contributed by atoms with E-state index < -0.39 is 12.1 Å². The number of H-pyrrole nitrogens is 1. The molecule has 3 aromatic rings. The molecular weight excluding hydrogens is 393 g/mol. The number of halogens is 2. The lowest BCUT2D eigenvalue weighted by atomic mass is 9.87. The van der Waals surface area contributed by atoms with Crippen LogP contribution in [-0.2, 0) is 16.0 Å². The maximum Gasteiger partial charge on any atom is 0.245 e. The fourth-order valence-electron chi connectivity index (χ4n) is 4.15. The second-order valence-electron chi connectivity index (χ2n) is 7.40. The standard InChI is InChI=1S/C22H21ClFN3O2/c1-26(2)22(29)18-11-16-15-5-3-4-6-17(15)25-20(16)21(27(18)19(28)12-23)13-7-9-14(24)10-8-13/h3-10,18,21,25H,11-12H2,1-2H3/t18-,21-/m1/s1. The van der Waals surface area contributed by atoms with E-state index in [0.29, 0.717) is 12.0 Å². The van der Waals surface area contributed by atoms with Crippen LogP contribution in [0, 0.1) is 5.82 Å². The second-order valence-corrected chi connectivity index (χ2v) is 7.67. The first-order chi connectivity index (χ1) is 13.9. The lowest BCUT2D eigenvalue weighted by Crippen LogP contribution is -2.54. The first-order valence-electron chi connectivity index (χ1n) is 9.35. The summed E-state index contributed by atoms with van der Waals surface area (Å²) in [6.45, 7) is 0. The van der Waals surface area contributed by atoms with E-state index in [1.54, 1.807) is 31.1 Å². The van der Waals surface area contributed by atoms with E-state index in [0.717, 1.165) is 22.2 Å². The van der Waals surface area contributed by atoms with E-state index in [-0.39, 0.29) is 23.5 Å². The summed E-state index contributed by atoms with van der Waals surface area (Å²) in [5.74, 6) is -1.13. The Morgan fingerprint density at radius 3 is 2.52 bits per heavy atom. The molecule has 2 atom stereocenters. The summed E-state index contributed by atoms with van der Waals surface area (Å²) in [7, 11) is 3.34. The number of amides is 2. The number of alkyl halides is 1. The summed E-state index contributed by atoms with van der Waals surface area (Å²) < 4.78 is 13.6. The molecule has 150 valence electrons. The number of aromatic amines is 1. The maximum atomic E-state index is 13.6. The lowest BCUT2D eigenvalue weighted by molar-refractivity contribution is -0.145. The fourth-order valence-corrected chi connectivity index (χ4v) is 4.29. The Morgan fingerprint density at radius 2 is 1.86 bits per heavy atom. The van der Waals surface area contributed by atoms with Gasteiger partial charge in [-0.1, -0.05) is 30.3 Å². The Labute approximate surface area is 173 Å². The largest absolute Gasteiger partial charge is 0.356 e. The minimum Gasteiger partial charge on any atom is -0.356 e. The normalized spacial score (nSPS) is 18.6. The summed E-state index contributed by atoms with van der Waals surface area (Å²) >= 11 is 5.93. The Balaban J connectivity index is 1.98. The number of carbonyl (C=O) groups is 2. The van der Waals surface area contributed by atoms with E-state index in [4.69, 9.17) is 11.6 Å². The van der Waals surface area contributed by atoms with Crippen molar-refractivity contribution in [2.24, 2.45) is 0 Å². The molecule has 0 saturated heterocycles. The van der Waals surface area contributed by atoms with Crippen molar-refractivity contribution in [2.75, 3.05) is 20.0 Å². The highest BCUT2D eigenvalue weighted by Gasteiger charge is 2.43. The van der Waals surface area contributed by atoms with Crippen LogP contribution in [0.25, 0.3) is 10.9 Å². The SMILES string of the molecule is CN(C)C(=O)[C@H]1Cc2c([nH]c3ccccc23)[C@@H](c2ccc(F)cc2)N1C(=O)CCl. The molecule has 2 aromatic carbocycles.